The van der Waals surface area contributed by atoms with Crippen LogP contribution in [0.4, 0.5) is 0 Å². The maximum Gasteiger partial charge on any atom is 0.122 e. The minimum atomic E-state index is -0.173. The summed E-state index contributed by atoms with van der Waals surface area (Å²) in [5.41, 5.74) is 5.58. The first-order chi connectivity index (χ1) is 8.49. The SMILES string of the molecule is CCC(NOC(C)(C)C)c1ccc2c(c1)CCO2. The van der Waals surface area contributed by atoms with E-state index in [2.05, 4.69) is 30.6 Å². The number of ether oxygens (including phenoxy) is 1. The summed E-state index contributed by atoms with van der Waals surface area (Å²) in [6.45, 7) is 9.10. The molecule has 1 aliphatic rings. The van der Waals surface area contributed by atoms with Gasteiger partial charge in [-0.2, -0.15) is 5.48 Å². The molecule has 1 aliphatic heterocycles. The Morgan fingerprint density at radius 2 is 2.17 bits per heavy atom. The van der Waals surface area contributed by atoms with Gasteiger partial charge >= 0.3 is 0 Å². The first-order valence-corrected chi connectivity index (χ1v) is 6.69. The molecule has 0 amide bonds. The standard InChI is InChI=1S/C15H23NO2/c1-5-13(16-18-15(2,3)4)11-6-7-14-12(10-11)8-9-17-14/h6-7,10,13,16H,5,8-9H2,1-4H3. The quantitative estimate of drug-likeness (QED) is 0.830. The van der Waals surface area contributed by atoms with E-state index in [1.54, 1.807) is 0 Å². The van der Waals surface area contributed by atoms with E-state index in [0.717, 1.165) is 25.2 Å². The highest BCUT2D eigenvalue weighted by atomic mass is 16.7. The van der Waals surface area contributed by atoms with Crippen LogP contribution in [0.25, 0.3) is 0 Å². The number of benzene rings is 1. The molecule has 3 heteroatoms. The molecule has 0 saturated heterocycles. The Balaban J connectivity index is 2.08. The fourth-order valence-electron chi connectivity index (χ4n) is 2.06. The van der Waals surface area contributed by atoms with E-state index in [4.69, 9.17) is 9.57 Å². The molecule has 1 aromatic rings. The van der Waals surface area contributed by atoms with Gasteiger partial charge in [-0.05, 0) is 44.4 Å². The monoisotopic (exact) mass is 249 g/mol. The highest BCUT2D eigenvalue weighted by Gasteiger charge is 2.18. The normalized spacial score (nSPS) is 16.2. The third kappa shape index (κ3) is 3.24. The van der Waals surface area contributed by atoms with Gasteiger partial charge < -0.3 is 4.74 Å². The number of hydrogen-bond donors (Lipinski definition) is 1. The van der Waals surface area contributed by atoms with Crippen LogP contribution in [0.2, 0.25) is 0 Å². The molecule has 1 heterocycles. The van der Waals surface area contributed by atoms with E-state index in [1.165, 1.54) is 11.1 Å². The molecule has 100 valence electrons. The molecule has 0 saturated carbocycles. The Kier molecular flexibility index (Phi) is 3.93. The van der Waals surface area contributed by atoms with E-state index in [9.17, 15) is 0 Å². The fraction of sp³-hybridized carbons (Fsp3) is 0.600. The third-order valence-electron chi connectivity index (χ3n) is 3.03. The molecule has 1 N–H and O–H groups in total. The number of hydroxylamine groups is 1. The van der Waals surface area contributed by atoms with Crippen molar-refractivity contribution in [2.24, 2.45) is 0 Å². The molecule has 3 nitrogen and oxygen atoms in total. The van der Waals surface area contributed by atoms with E-state index in [1.807, 2.05) is 20.8 Å². The predicted molar refractivity (Wildman–Crippen MR) is 72.6 cm³/mol. The zero-order valence-electron chi connectivity index (χ0n) is 11.7. The van der Waals surface area contributed by atoms with Crippen LogP contribution in [0, 0.1) is 0 Å². The number of fused-ring (bicyclic) bond motifs is 1. The van der Waals surface area contributed by atoms with Crippen LogP contribution in [-0.4, -0.2) is 12.2 Å². The zero-order valence-corrected chi connectivity index (χ0v) is 11.7. The maximum absolute atomic E-state index is 5.67. The van der Waals surface area contributed by atoms with Crippen LogP contribution >= 0.6 is 0 Å². The Hall–Kier alpha value is -1.06. The molecule has 0 radical (unpaired) electrons. The summed E-state index contributed by atoms with van der Waals surface area (Å²) in [5, 5.41) is 0. The summed E-state index contributed by atoms with van der Waals surface area (Å²) in [7, 11) is 0. The van der Waals surface area contributed by atoms with E-state index in [0.29, 0.717) is 0 Å². The van der Waals surface area contributed by atoms with Gasteiger partial charge in [0.25, 0.3) is 0 Å². The molecule has 0 aromatic heterocycles. The van der Waals surface area contributed by atoms with Gasteiger partial charge in [-0.15, -0.1) is 0 Å². The van der Waals surface area contributed by atoms with Gasteiger partial charge in [0.2, 0.25) is 0 Å². The Labute approximate surface area is 109 Å². The summed E-state index contributed by atoms with van der Waals surface area (Å²) in [4.78, 5) is 5.67. The van der Waals surface area contributed by atoms with Crippen LogP contribution in [-0.2, 0) is 11.3 Å². The van der Waals surface area contributed by atoms with E-state index < -0.39 is 0 Å². The molecule has 0 aliphatic carbocycles. The highest BCUT2D eigenvalue weighted by Crippen LogP contribution is 2.29. The lowest BCUT2D eigenvalue weighted by atomic mass is 10.0. The molecule has 1 aromatic carbocycles. The van der Waals surface area contributed by atoms with Crippen molar-refractivity contribution >= 4 is 0 Å². The minimum Gasteiger partial charge on any atom is -0.493 e. The summed E-state index contributed by atoms with van der Waals surface area (Å²) in [5.74, 6) is 1.03. The van der Waals surface area contributed by atoms with Gasteiger partial charge in [0, 0.05) is 6.42 Å². The smallest absolute Gasteiger partial charge is 0.122 e. The van der Waals surface area contributed by atoms with Gasteiger partial charge in [0.05, 0.1) is 18.2 Å². The van der Waals surface area contributed by atoms with Crippen molar-refractivity contribution in [2.45, 2.75) is 52.2 Å². The van der Waals surface area contributed by atoms with Crippen LogP contribution in [0.5, 0.6) is 5.75 Å². The van der Waals surface area contributed by atoms with Crippen LogP contribution in [0.1, 0.15) is 51.3 Å². The lowest BCUT2D eigenvalue weighted by Crippen LogP contribution is -2.31. The summed E-state index contributed by atoms with van der Waals surface area (Å²) >= 11 is 0. The summed E-state index contributed by atoms with van der Waals surface area (Å²) < 4.78 is 5.53. The fourth-order valence-corrected chi connectivity index (χ4v) is 2.06. The topological polar surface area (TPSA) is 30.5 Å². The Morgan fingerprint density at radius 1 is 1.39 bits per heavy atom. The molecular formula is C15H23NO2. The average Bonchev–Trinajstić information content (AvgIpc) is 2.75. The number of hydrogen-bond acceptors (Lipinski definition) is 3. The second-order valence-corrected chi connectivity index (χ2v) is 5.76. The van der Waals surface area contributed by atoms with Crippen molar-refractivity contribution in [1.82, 2.24) is 5.48 Å². The molecule has 0 bridgehead atoms. The van der Waals surface area contributed by atoms with Crippen LogP contribution in [0.15, 0.2) is 18.2 Å². The molecule has 0 spiro atoms. The zero-order chi connectivity index (χ0) is 13.2. The summed E-state index contributed by atoms with van der Waals surface area (Å²) in [6, 6.07) is 6.65. The van der Waals surface area contributed by atoms with Gasteiger partial charge in [0.1, 0.15) is 5.75 Å². The highest BCUT2D eigenvalue weighted by molar-refractivity contribution is 5.40. The number of nitrogens with one attached hydrogen (secondary N) is 1. The van der Waals surface area contributed by atoms with Gasteiger partial charge in [0.15, 0.2) is 0 Å². The van der Waals surface area contributed by atoms with Crippen molar-refractivity contribution < 1.29 is 9.57 Å². The molecule has 1 unspecified atom stereocenters. The van der Waals surface area contributed by atoms with Crippen molar-refractivity contribution in [3.05, 3.63) is 29.3 Å². The third-order valence-corrected chi connectivity index (χ3v) is 3.03. The molecule has 1 atom stereocenters. The minimum absolute atomic E-state index is 0.173. The maximum atomic E-state index is 5.67. The molecule has 18 heavy (non-hydrogen) atoms. The van der Waals surface area contributed by atoms with Gasteiger partial charge in [-0.3, -0.25) is 4.84 Å². The van der Waals surface area contributed by atoms with Gasteiger partial charge in [-0.25, -0.2) is 0 Å². The van der Waals surface area contributed by atoms with Crippen molar-refractivity contribution in [1.29, 1.82) is 0 Å². The van der Waals surface area contributed by atoms with E-state index in [-0.39, 0.29) is 11.6 Å². The Morgan fingerprint density at radius 3 is 2.83 bits per heavy atom. The molecule has 0 fully saturated rings. The Bertz CT molecular complexity index is 409. The molecular weight excluding hydrogens is 226 g/mol. The van der Waals surface area contributed by atoms with Crippen LogP contribution in [0.3, 0.4) is 0 Å². The molecule has 2 rings (SSSR count). The van der Waals surface area contributed by atoms with Crippen molar-refractivity contribution in [3.63, 3.8) is 0 Å². The first kappa shape index (κ1) is 13.4. The second kappa shape index (κ2) is 5.29. The second-order valence-electron chi connectivity index (χ2n) is 5.76. The van der Waals surface area contributed by atoms with Crippen molar-refractivity contribution in [3.8, 4) is 5.75 Å². The predicted octanol–water partition coefficient (Wildman–Crippen LogP) is 3.39. The van der Waals surface area contributed by atoms with E-state index >= 15 is 0 Å². The number of rotatable bonds is 4. The lowest BCUT2D eigenvalue weighted by molar-refractivity contribution is -0.0896. The van der Waals surface area contributed by atoms with Crippen LogP contribution < -0.4 is 10.2 Å². The first-order valence-electron chi connectivity index (χ1n) is 6.69. The lowest BCUT2D eigenvalue weighted by Gasteiger charge is -2.25. The largest absolute Gasteiger partial charge is 0.493 e. The van der Waals surface area contributed by atoms with Gasteiger partial charge in [-0.1, -0.05) is 19.1 Å². The van der Waals surface area contributed by atoms with Crippen molar-refractivity contribution in [2.75, 3.05) is 6.61 Å². The summed E-state index contributed by atoms with van der Waals surface area (Å²) in [6.07, 6.45) is 2.01. The average molecular weight is 249 g/mol.